The number of fused-ring (bicyclic) bond motifs is 1. The predicted molar refractivity (Wildman–Crippen MR) is 141 cm³/mol. The zero-order valence-electron chi connectivity index (χ0n) is 20.2. The van der Waals surface area contributed by atoms with E-state index >= 15 is 0 Å². The lowest BCUT2D eigenvalue weighted by atomic mass is 9.83. The zero-order chi connectivity index (χ0) is 25.4. The molecule has 4 N–H and O–H groups in total. The monoisotopic (exact) mass is 484 g/mol. The number of aromatic nitrogens is 1. The summed E-state index contributed by atoms with van der Waals surface area (Å²) < 4.78 is 2.02. The Morgan fingerprint density at radius 3 is 2.06 bits per heavy atom. The topological polar surface area (TPSA) is 115 Å². The molecule has 7 heteroatoms. The van der Waals surface area contributed by atoms with Crippen LogP contribution in [0.5, 0.6) is 0 Å². The van der Waals surface area contributed by atoms with Crippen molar-refractivity contribution < 1.29 is 4.79 Å². The first-order valence-electron chi connectivity index (χ1n) is 11.5. The Morgan fingerprint density at radius 2 is 1.57 bits per heavy atom. The highest BCUT2D eigenvalue weighted by Gasteiger charge is 2.34. The highest BCUT2D eigenvalue weighted by molar-refractivity contribution is 7.07. The molecule has 1 aliphatic heterocycles. The number of thiazole rings is 1. The number of nitrogens with zero attached hydrogens (tertiary/aromatic N) is 2. The van der Waals surface area contributed by atoms with Gasteiger partial charge in [0.1, 0.15) is 10.5 Å². The van der Waals surface area contributed by atoms with E-state index in [0.717, 1.165) is 28.0 Å². The standard InChI is InChI=1S/C28H28N4O2S/c1-15(2)18-7-5-17(6-8-18)13-22-27(34)32-25(30)21(14-29)23(24(26(31)33)28(32)35-22)20-11-9-19(10-12-20)16(3)4/h5-13,15-16,23H,30H2,1-4H3,(H2,31,33)/b22-13-/t23-/m0/s1. The van der Waals surface area contributed by atoms with Gasteiger partial charge < -0.3 is 11.5 Å². The Bertz CT molecular complexity index is 1550. The Morgan fingerprint density at radius 1 is 1.03 bits per heavy atom. The van der Waals surface area contributed by atoms with Crippen LogP contribution in [0, 0.1) is 11.3 Å². The molecule has 0 fully saturated rings. The summed E-state index contributed by atoms with van der Waals surface area (Å²) in [6, 6.07) is 17.8. The predicted octanol–water partition coefficient (Wildman–Crippen LogP) is 3.07. The average Bonchev–Trinajstić information content (AvgIpc) is 3.14. The van der Waals surface area contributed by atoms with Crippen molar-refractivity contribution in [2.45, 2.75) is 45.4 Å². The van der Waals surface area contributed by atoms with Gasteiger partial charge in [-0.3, -0.25) is 14.2 Å². The Kier molecular flexibility index (Phi) is 6.51. The van der Waals surface area contributed by atoms with E-state index in [4.69, 9.17) is 11.5 Å². The summed E-state index contributed by atoms with van der Waals surface area (Å²) in [5, 5.41) is 9.99. The summed E-state index contributed by atoms with van der Waals surface area (Å²) in [4.78, 5) is 26.1. The molecule has 3 aromatic rings. The van der Waals surface area contributed by atoms with E-state index < -0.39 is 11.8 Å². The number of nitrogens with two attached hydrogens (primary N) is 2. The number of carbonyl (C=O) groups is 1. The highest BCUT2D eigenvalue weighted by Crippen LogP contribution is 2.36. The Hall–Kier alpha value is -3.89. The number of primary amides is 1. The lowest BCUT2D eigenvalue weighted by Gasteiger charge is -2.24. The lowest BCUT2D eigenvalue weighted by Crippen LogP contribution is -2.41. The van der Waals surface area contributed by atoms with E-state index in [1.165, 1.54) is 10.1 Å². The van der Waals surface area contributed by atoms with Gasteiger partial charge in [0.25, 0.3) is 5.56 Å². The first kappa shape index (κ1) is 24.2. The summed E-state index contributed by atoms with van der Waals surface area (Å²) >= 11 is 1.16. The fourth-order valence-electron chi connectivity index (χ4n) is 4.32. The number of nitriles is 1. The molecule has 2 aromatic carbocycles. The second-order valence-electron chi connectivity index (χ2n) is 9.32. The van der Waals surface area contributed by atoms with Crippen LogP contribution in [0.3, 0.4) is 0 Å². The fraction of sp³-hybridized carbons (Fsp3) is 0.250. The molecule has 6 nitrogen and oxygen atoms in total. The van der Waals surface area contributed by atoms with Crippen LogP contribution in [-0.4, -0.2) is 10.5 Å². The minimum atomic E-state index is -0.741. The maximum Gasteiger partial charge on any atom is 0.274 e. The minimum absolute atomic E-state index is 0.0292. The van der Waals surface area contributed by atoms with Gasteiger partial charge in [0, 0.05) is 0 Å². The van der Waals surface area contributed by atoms with Gasteiger partial charge in [-0.2, -0.15) is 5.26 Å². The summed E-state index contributed by atoms with van der Waals surface area (Å²) in [7, 11) is 0. The van der Waals surface area contributed by atoms with Crippen molar-refractivity contribution in [2.24, 2.45) is 11.5 Å². The van der Waals surface area contributed by atoms with Gasteiger partial charge >= 0.3 is 0 Å². The molecule has 0 saturated heterocycles. The molecule has 1 aromatic heterocycles. The Labute approximate surface area is 208 Å². The molecule has 2 heterocycles. The van der Waals surface area contributed by atoms with E-state index in [1.807, 2.05) is 48.5 Å². The van der Waals surface area contributed by atoms with E-state index in [0.29, 0.717) is 21.0 Å². The molecule has 0 spiro atoms. The molecule has 178 valence electrons. The largest absolute Gasteiger partial charge is 0.384 e. The molecule has 4 rings (SSSR count). The molecular formula is C28H28N4O2S. The normalized spacial score (nSPS) is 16.1. The van der Waals surface area contributed by atoms with Crippen LogP contribution in [0.15, 0.2) is 58.9 Å². The summed E-state index contributed by atoms with van der Waals surface area (Å²) in [5.74, 6) is -0.666. The van der Waals surface area contributed by atoms with Crippen LogP contribution in [0.2, 0.25) is 0 Å². The number of allylic oxidation sites excluding steroid dienone is 1. The van der Waals surface area contributed by atoms with Crippen LogP contribution >= 0.6 is 11.3 Å². The lowest BCUT2D eigenvalue weighted by molar-refractivity contribution is -0.113. The quantitative estimate of drug-likeness (QED) is 0.579. The number of carbonyl (C=O) groups excluding carboxylic acids is 1. The molecule has 0 bridgehead atoms. The van der Waals surface area contributed by atoms with Gasteiger partial charge in [-0.05, 0) is 40.2 Å². The molecule has 1 aliphatic rings. The maximum atomic E-state index is 13.3. The number of amides is 1. The molecule has 35 heavy (non-hydrogen) atoms. The zero-order valence-corrected chi connectivity index (χ0v) is 21.0. The number of hydrogen-bond acceptors (Lipinski definition) is 5. The van der Waals surface area contributed by atoms with Gasteiger partial charge in [0.15, 0.2) is 0 Å². The van der Waals surface area contributed by atoms with Crippen molar-refractivity contribution in [3.8, 4) is 6.07 Å². The van der Waals surface area contributed by atoms with Crippen molar-refractivity contribution >= 4 is 34.7 Å². The van der Waals surface area contributed by atoms with Gasteiger partial charge in [-0.25, -0.2) is 0 Å². The van der Waals surface area contributed by atoms with Crippen LogP contribution in [0.4, 0.5) is 0 Å². The number of hydrogen-bond donors (Lipinski definition) is 2. The minimum Gasteiger partial charge on any atom is -0.384 e. The van der Waals surface area contributed by atoms with Crippen molar-refractivity contribution in [1.29, 1.82) is 5.26 Å². The van der Waals surface area contributed by atoms with Gasteiger partial charge in [0.05, 0.1) is 27.7 Å². The third kappa shape index (κ3) is 4.33. The van der Waals surface area contributed by atoms with Gasteiger partial charge in [-0.15, -0.1) is 11.3 Å². The van der Waals surface area contributed by atoms with Crippen LogP contribution in [-0.2, 0) is 4.79 Å². The van der Waals surface area contributed by atoms with Crippen molar-refractivity contribution in [3.63, 3.8) is 0 Å². The third-order valence-electron chi connectivity index (χ3n) is 6.37. The Balaban J connectivity index is 1.97. The fourth-order valence-corrected chi connectivity index (χ4v) is 5.50. The highest BCUT2D eigenvalue weighted by atomic mass is 32.1. The third-order valence-corrected chi connectivity index (χ3v) is 7.48. The van der Waals surface area contributed by atoms with E-state index in [9.17, 15) is 14.9 Å². The first-order chi connectivity index (χ1) is 16.6. The van der Waals surface area contributed by atoms with Crippen molar-refractivity contribution in [1.82, 2.24) is 4.57 Å². The summed E-state index contributed by atoms with van der Waals surface area (Å²) in [6.45, 7) is 8.42. The van der Waals surface area contributed by atoms with E-state index in [-0.39, 0.29) is 22.5 Å². The van der Waals surface area contributed by atoms with Crippen molar-refractivity contribution in [3.05, 3.63) is 95.9 Å². The average molecular weight is 485 g/mol. The van der Waals surface area contributed by atoms with Crippen LogP contribution in [0.1, 0.15) is 67.7 Å². The number of benzene rings is 2. The molecule has 0 unspecified atom stereocenters. The van der Waals surface area contributed by atoms with Gasteiger partial charge in [-0.1, -0.05) is 76.2 Å². The molecule has 1 atom stereocenters. The second kappa shape index (κ2) is 9.40. The van der Waals surface area contributed by atoms with E-state index in [1.54, 1.807) is 6.08 Å². The van der Waals surface area contributed by atoms with Gasteiger partial charge in [0.2, 0.25) is 5.91 Å². The maximum absolute atomic E-state index is 13.3. The summed E-state index contributed by atoms with van der Waals surface area (Å²) in [5.41, 5.74) is 16.1. The molecular weight excluding hydrogens is 456 g/mol. The smallest absolute Gasteiger partial charge is 0.274 e. The molecule has 0 radical (unpaired) electrons. The van der Waals surface area contributed by atoms with Crippen LogP contribution < -0.4 is 26.2 Å². The molecule has 0 aliphatic carbocycles. The number of rotatable bonds is 5. The summed E-state index contributed by atoms with van der Waals surface area (Å²) in [6.07, 6.45) is 1.77. The van der Waals surface area contributed by atoms with E-state index in [2.05, 4.69) is 33.8 Å². The van der Waals surface area contributed by atoms with Crippen LogP contribution in [0.25, 0.3) is 17.5 Å². The SMILES string of the molecule is CC(C)c1ccc(/C=c2\sc3n(c2=O)C(N)=C(C#N)[C@H](c2ccc(C(C)C)cc2)C=3C(N)=O)cc1. The first-order valence-corrected chi connectivity index (χ1v) is 12.3. The second-order valence-corrected chi connectivity index (χ2v) is 10.4. The molecule has 1 amide bonds. The van der Waals surface area contributed by atoms with Crippen molar-refractivity contribution in [2.75, 3.05) is 0 Å². The molecule has 0 saturated carbocycles.